The lowest BCUT2D eigenvalue weighted by Gasteiger charge is -2.04. The average molecular weight is 406 g/mol. The van der Waals surface area contributed by atoms with Crippen molar-refractivity contribution in [2.24, 2.45) is 0 Å². The van der Waals surface area contributed by atoms with Gasteiger partial charge in [-0.15, -0.1) is 0 Å². The lowest BCUT2D eigenvalue weighted by Crippen LogP contribution is -1.89. The zero-order valence-corrected chi connectivity index (χ0v) is 14.6. The Morgan fingerprint density at radius 1 is 1.05 bits per heavy atom. The summed E-state index contributed by atoms with van der Waals surface area (Å²) in [5.41, 5.74) is 4.60. The second-order valence-electron chi connectivity index (χ2n) is 4.87. The molecule has 0 radical (unpaired) electrons. The minimum Gasteiger partial charge on any atom is -0.361 e. The Kier molecular flexibility index (Phi) is 4.17. The average Bonchev–Trinajstić information content (AvgIpc) is 2.89. The number of aromatic nitrogens is 1. The topological polar surface area (TPSA) is 27.8 Å². The van der Waals surface area contributed by atoms with Crippen LogP contribution in [0.5, 0.6) is 0 Å². The number of halogens is 2. The van der Waals surface area contributed by atoms with E-state index in [4.69, 9.17) is 0 Å². The fourth-order valence-electron chi connectivity index (χ4n) is 2.23. The van der Waals surface area contributed by atoms with E-state index in [9.17, 15) is 0 Å². The van der Waals surface area contributed by atoms with Gasteiger partial charge in [0, 0.05) is 43.5 Å². The summed E-state index contributed by atoms with van der Waals surface area (Å²) in [6.45, 7) is 2.11. The molecule has 0 amide bonds. The second-order valence-corrected chi connectivity index (χ2v) is 6.70. The molecule has 0 atom stereocenters. The third-order valence-corrected chi connectivity index (χ3v) is 4.39. The quantitative estimate of drug-likeness (QED) is 0.536. The van der Waals surface area contributed by atoms with Gasteiger partial charge in [-0.05, 0) is 55.0 Å². The van der Waals surface area contributed by atoms with Gasteiger partial charge >= 0.3 is 0 Å². The van der Waals surface area contributed by atoms with E-state index in [1.165, 1.54) is 16.5 Å². The van der Waals surface area contributed by atoms with Crippen LogP contribution in [0.2, 0.25) is 0 Å². The highest BCUT2D eigenvalue weighted by Gasteiger charge is 2.05. The fourth-order valence-corrected chi connectivity index (χ4v) is 2.86. The molecular formula is C17H14Br2N2. The monoisotopic (exact) mass is 404 g/mol. The van der Waals surface area contributed by atoms with Crippen LogP contribution in [-0.2, 0) is 0 Å². The number of hydrogen-bond donors (Lipinski definition) is 2. The van der Waals surface area contributed by atoms with E-state index in [-0.39, 0.29) is 0 Å². The lowest BCUT2D eigenvalue weighted by atomic mass is 10.1. The molecule has 0 spiro atoms. The summed E-state index contributed by atoms with van der Waals surface area (Å²) in [7, 11) is 0. The summed E-state index contributed by atoms with van der Waals surface area (Å²) in [5.74, 6) is 0. The van der Waals surface area contributed by atoms with Crippen LogP contribution in [0, 0.1) is 0 Å². The van der Waals surface area contributed by atoms with E-state index in [1.807, 2.05) is 42.7 Å². The first-order valence-electron chi connectivity index (χ1n) is 6.59. The Morgan fingerprint density at radius 2 is 1.76 bits per heavy atom. The summed E-state index contributed by atoms with van der Waals surface area (Å²) in [4.78, 5) is 3.31. The molecule has 0 aliphatic carbocycles. The Balaban J connectivity index is 1.89. The standard InChI is InChI=1S/C17H14Br2N2/c1-11(9-20-14-5-2-12(18)3-6-14)16-10-21-17-7-4-13(19)8-15(16)17/h2-10,20-21H,1H3/b11-9+. The molecule has 0 saturated heterocycles. The molecule has 0 saturated carbocycles. The number of rotatable bonds is 3. The highest BCUT2D eigenvalue weighted by molar-refractivity contribution is 9.10. The van der Waals surface area contributed by atoms with Gasteiger partial charge in [-0.25, -0.2) is 0 Å². The first kappa shape index (κ1) is 14.4. The molecule has 0 aliphatic heterocycles. The van der Waals surface area contributed by atoms with E-state index >= 15 is 0 Å². The van der Waals surface area contributed by atoms with Gasteiger partial charge < -0.3 is 10.3 Å². The maximum absolute atomic E-state index is 3.53. The van der Waals surface area contributed by atoms with Crippen LogP contribution in [0.1, 0.15) is 12.5 Å². The molecule has 0 bridgehead atoms. The van der Waals surface area contributed by atoms with E-state index in [1.54, 1.807) is 0 Å². The number of H-pyrrole nitrogens is 1. The van der Waals surface area contributed by atoms with Crippen LogP contribution in [0.3, 0.4) is 0 Å². The zero-order valence-electron chi connectivity index (χ0n) is 11.5. The predicted molar refractivity (Wildman–Crippen MR) is 97.4 cm³/mol. The molecule has 1 aromatic heterocycles. The van der Waals surface area contributed by atoms with Gasteiger partial charge in [0.2, 0.25) is 0 Å². The number of fused-ring (bicyclic) bond motifs is 1. The normalized spacial score (nSPS) is 11.9. The molecule has 2 N–H and O–H groups in total. The first-order chi connectivity index (χ1) is 10.1. The number of hydrogen-bond acceptors (Lipinski definition) is 1. The van der Waals surface area contributed by atoms with Gasteiger partial charge in [0.1, 0.15) is 0 Å². The number of nitrogens with one attached hydrogen (secondary N) is 2. The van der Waals surface area contributed by atoms with Gasteiger partial charge in [-0.1, -0.05) is 31.9 Å². The summed E-state index contributed by atoms with van der Waals surface area (Å²) in [6.07, 6.45) is 4.08. The van der Waals surface area contributed by atoms with E-state index in [0.29, 0.717) is 0 Å². The van der Waals surface area contributed by atoms with Crippen molar-refractivity contribution in [2.45, 2.75) is 6.92 Å². The molecular weight excluding hydrogens is 392 g/mol. The molecule has 21 heavy (non-hydrogen) atoms. The van der Waals surface area contributed by atoms with Crippen molar-refractivity contribution in [3.63, 3.8) is 0 Å². The molecule has 2 nitrogen and oxygen atoms in total. The third kappa shape index (κ3) is 3.22. The van der Waals surface area contributed by atoms with Crippen LogP contribution in [0.25, 0.3) is 16.5 Å². The molecule has 0 fully saturated rings. The van der Waals surface area contributed by atoms with E-state index in [0.717, 1.165) is 20.1 Å². The van der Waals surface area contributed by atoms with Crippen molar-refractivity contribution in [3.8, 4) is 0 Å². The molecule has 3 aromatic rings. The molecule has 0 unspecified atom stereocenters. The smallest absolute Gasteiger partial charge is 0.0461 e. The Hall–Kier alpha value is -1.52. The predicted octanol–water partition coefficient (Wildman–Crippen LogP) is 6.17. The molecule has 2 aromatic carbocycles. The van der Waals surface area contributed by atoms with Crippen molar-refractivity contribution in [3.05, 3.63) is 69.4 Å². The lowest BCUT2D eigenvalue weighted by molar-refractivity contribution is 1.45. The van der Waals surface area contributed by atoms with Crippen molar-refractivity contribution in [1.82, 2.24) is 4.98 Å². The number of benzene rings is 2. The fraction of sp³-hybridized carbons (Fsp3) is 0.0588. The van der Waals surface area contributed by atoms with Crippen LogP contribution < -0.4 is 5.32 Å². The van der Waals surface area contributed by atoms with Crippen molar-refractivity contribution in [2.75, 3.05) is 5.32 Å². The van der Waals surface area contributed by atoms with Crippen LogP contribution in [-0.4, -0.2) is 4.98 Å². The van der Waals surface area contributed by atoms with Crippen LogP contribution in [0.15, 0.2) is 63.8 Å². The summed E-state index contributed by atoms with van der Waals surface area (Å²) >= 11 is 6.97. The molecule has 0 aliphatic rings. The van der Waals surface area contributed by atoms with Crippen molar-refractivity contribution < 1.29 is 0 Å². The van der Waals surface area contributed by atoms with Crippen LogP contribution in [0.4, 0.5) is 5.69 Å². The number of allylic oxidation sites excluding steroid dienone is 1. The molecule has 4 heteroatoms. The minimum atomic E-state index is 1.07. The third-order valence-electron chi connectivity index (χ3n) is 3.37. The second kappa shape index (κ2) is 6.08. The largest absolute Gasteiger partial charge is 0.361 e. The van der Waals surface area contributed by atoms with E-state index in [2.05, 4.69) is 61.2 Å². The van der Waals surface area contributed by atoms with Gasteiger partial charge in [0.15, 0.2) is 0 Å². The minimum absolute atomic E-state index is 1.07. The number of aromatic amines is 1. The summed E-state index contributed by atoms with van der Waals surface area (Å²) < 4.78 is 2.17. The van der Waals surface area contributed by atoms with Gasteiger partial charge in [-0.2, -0.15) is 0 Å². The SMILES string of the molecule is C/C(=C\Nc1ccc(Br)cc1)c1c[nH]c2ccc(Br)cc12. The Bertz CT molecular complexity index is 801. The maximum Gasteiger partial charge on any atom is 0.0461 e. The van der Waals surface area contributed by atoms with Crippen molar-refractivity contribution in [1.29, 1.82) is 0 Å². The Labute approximate surface area is 140 Å². The first-order valence-corrected chi connectivity index (χ1v) is 8.18. The van der Waals surface area contributed by atoms with Crippen LogP contribution >= 0.6 is 31.9 Å². The van der Waals surface area contributed by atoms with Crippen molar-refractivity contribution >= 4 is 54.0 Å². The molecule has 3 rings (SSSR count). The Morgan fingerprint density at radius 3 is 2.52 bits per heavy atom. The van der Waals surface area contributed by atoms with Gasteiger partial charge in [0.05, 0.1) is 0 Å². The number of anilines is 1. The molecule has 1 heterocycles. The zero-order chi connectivity index (χ0) is 14.8. The van der Waals surface area contributed by atoms with E-state index < -0.39 is 0 Å². The summed E-state index contributed by atoms with van der Waals surface area (Å²) in [6, 6.07) is 14.4. The maximum atomic E-state index is 3.53. The summed E-state index contributed by atoms with van der Waals surface area (Å²) in [5, 5.41) is 4.55. The van der Waals surface area contributed by atoms with Gasteiger partial charge in [0.25, 0.3) is 0 Å². The highest BCUT2D eigenvalue weighted by atomic mass is 79.9. The molecule has 106 valence electrons. The highest BCUT2D eigenvalue weighted by Crippen LogP contribution is 2.27. The van der Waals surface area contributed by atoms with Gasteiger partial charge in [-0.3, -0.25) is 0 Å².